The lowest BCUT2D eigenvalue weighted by molar-refractivity contribution is 0.427. The summed E-state index contributed by atoms with van der Waals surface area (Å²) in [6.07, 6.45) is 0. The first-order chi connectivity index (χ1) is 4.36. The molecule has 0 aliphatic heterocycles. The summed E-state index contributed by atoms with van der Waals surface area (Å²) in [5.74, 6) is 0. The minimum Gasteiger partial charge on any atom is -0.487 e. The maximum Gasteiger partial charge on any atom is 0.173 e. The molecule has 0 bridgehead atoms. The van der Waals surface area contributed by atoms with Crippen LogP contribution in [0.5, 0.6) is 5.06 Å². The first-order valence-corrected chi connectivity index (χ1v) is 4.54. The van der Waals surface area contributed by atoms with Crippen LogP contribution in [0.1, 0.15) is 5.56 Å². The molecule has 3 heteroatoms. The fourth-order valence-electron chi connectivity index (χ4n) is 0.530. The predicted octanol–water partition coefficient (Wildman–Crippen LogP) is 2.65. The third-order valence-electron chi connectivity index (χ3n) is 0.985. The van der Waals surface area contributed by atoms with Gasteiger partial charge in [-0.05, 0) is 17.0 Å². The summed E-state index contributed by atoms with van der Waals surface area (Å²) >= 11 is 4.97. The van der Waals surface area contributed by atoms with Gasteiger partial charge in [-0.2, -0.15) is 0 Å². The van der Waals surface area contributed by atoms with Gasteiger partial charge in [-0.1, -0.05) is 15.9 Å². The number of halogens is 1. The number of alkyl halides is 1. The fourth-order valence-corrected chi connectivity index (χ4v) is 1.80. The van der Waals surface area contributed by atoms with Crippen LogP contribution in [0.15, 0.2) is 11.4 Å². The first kappa shape index (κ1) is 7.09. The number of methoxy groups -OCH3 is 1. The molecule has 1 aromatic rings. The molecule has 1 aromatic heterocycles. The quantitative estimate of drug-likeness (QED) is 0.677. The lowest BCUT2D eigenvalue weighted by Gasteiger charge is -1.87. The van der Waals surface area contributed by atoms with E-state index in [0.717, 1.165) is 10.4 Å². The molecule has 0 amide bonds. The average Bonchev–Trinajstić information content (AvgIpc) is 2.34. The highest BCUT2D eigenvalue weighted by atomic mass is 79.9. The molecule has 0 fully saturated rings. The summed E-state index contributed by atoms with van der Waals surface area (Å²) in [5.41, 5.74) is 1.27. The fraction of sp³-hybridized carbons (Fsp3) is 0.333. The lowest BCUT2D eigenvalue weighted by atomic mass is 10.4. The van der Waals surface area contributed by atoms with Crippen molar-refractivity contribution in [3.05, 3.63) is 17.0 Å². The van der Waals surface area contributed by atoms with Crippen LogP contribution in [0.4, 0.5) is 0 Å². The van der Waals surface area contributed by atoms with Gasteiger partial charge in [-0.25, -0.2) is 0 Å². The third-order valence-corrected chi connectivity index (χ3v) is 2.57. The number of hydrogen-bond donors (Lipinski definition) is 0. The van der Waals surface area contributed by atoms with Crippen molar-refractivity contribution in [2.24, 2.45) is 0 Å². The Morgan fingerprint density at radius 1 is 1.78 bits per heavy atom. The van der Waals surface area contributed by atoms with Gasteiger partial charge in [0.15, 0.2) is 5.06 Å². The zero-order valence-corrected chi connectivity index (χ0v) is 7.46. The van der Waals surface area contributed by atoms with Gasteiger partial charge in [0.2, 0.25) is 0 Å². The van der Waals surface area contributed by atoms with Crippen molar-refractivity contribution >= 4 is 27.3 Å². The molecule has 1 rings (SSSR count). The van der Waals surface area contributed by atoms with Crippen LogP contribution in [0.2, 0.25) is 0 Å². The smallest absolute Gasteiger partial charge is 0.173 e. The molecule has 50 valence electrons. The van der Waals surface area contributed by atoms with Gasteiger partial charge < -0.3 is 4.74 Å². The number of rotatable bonds is 2. The molecular weight excluding hydrogens is 200 g/mol. The van der Waals surface area contributed by atoms with E-state index in [1.165, 1.54) is 5.56 Å². The van der Waals surface area contributed by atoms with Gasteiger partial charge in [0.1, 0.15) is 0 Å². The van der Waals surface area contributed by atoms with Crippen molar-refractivity contribution < 1.29 is 4.74 Å². The maximum absolute atomic E-state index is 4.99. The third kappa shape index (κ3) is 1.69. The van der Waals surface area contributed by atoms with Crippen LogP contribution < -0.4 is 4.74 Å². The number of hydrogen-bond acceptors (Lipinski definition) is 2. The van der Waals surface area contributed by atoms with E-state index in [2.05, 4.69) is 21.3 Å². The van der Waals surface area contributed by atoms with E-state index < -0.39 is 0 Å². The molecule has 0 aromatic carbocycles. The van der Waals surface area contributed by atoms with Crippen molar-refractivity contribution in [1.29, 1.82) is 0 Å². The average molecular weight is 207 g/mol. The largest absolute Gasteiger partial charge is 0.487 e. The Kier molecular flexibility index (Phi) is 2.54. The standard InChI is InChI=1S/C6H7BrOS/c1-8-6-2-5(3-7)4-9-6/h2,4H,3H2,1H3. The highest BCUT2D eigenvalue weighted by molar-refractivity contribution is 9.08. The molecule has 0 aliphatic rings. The van der Waals surface area contributed by atoms with E-state index in [-0.39, 0.29) is 0 Å². The first-order valence-electron chi connectivity index (χ1n) is 2.54. The summed E-state index contributed by atoms with van der Waals surface area (Å²) in [6.45, 7) is 0. The Hall–Kier alpha value is -0.0200. The summed E-state index contributed by atoms with van der Waals surface area (Å²) in [7, 11) is 1.68. The maximum atomic E-state index is 4.99. The molecule has 0 radical (unpaired) electrons. The van der Waals surface area contributed by atoms with E-state index in [1.807, 2.05) is 6.07 Å². The summed E-state index contributed by atoms with van der Waals surface area (Å²) in [5, 5.41) is 3.96. The zero-order valence-electron chi connectivity index (χ0n) is 5.06. The van der Waals surface area contributed by atoms with E-state index >= 15 is 0 Å². The Balaban J connectivity index is 2.74. The van der Waals surface area contributed by atoms with Crippen molar-refractivity contribution in [3.8, 4) is 5.06 Å². The van der Waals surface area contributed by atoms with Gasteiger partial charge in [0.25, 0.3) is 0 Å². The molecule has 0 saturated carbocycles. The summed E-state index contributed by atoms with van der Waals surface area (Å²) < 4.78 is 4.99. The monoisotopic (exact) mass is 206 g/mol. The molecule has 0 atom stereocenters. The lowest BCUT2D eigenvalue weighted by Crippen LogP contribution is -1.74. The predicted molar refractivity (Wildman–Crippen MR) is 43.5 cm³/mol. The van der Waals surface area contributed by atoms with Crippen LogP contribution in [0, 0.1) is 0 Å². The van der Waals surface area contributed by atoms with Crippen molar-refractivity contribution in [3.63, 3.8) is 0 Å². The van der Waals surface area contributed by atoms with E-state index in [1.54, 1.807) is 18.4 Å². The second-order valence-electron chi connectivity index (χ2n) is 1.61. The van der Waals surface area contributed by atoms with Crippen molar-refractivity contribution in [2.45, 2.75) is 5.33 Å². The Morgan fingerprint density at radius 2 is 2.56 bits per heavy atom. The van der Waals surface area contributed by atoms with Crippen LogP contribution in [-0.2, 0) is 5.33 Å². The second-order valence-corrected chi connectivity index (χ2v) is 3.05. The number of ether oxygens (including phenoxy) is 1. The minimum absolute atomic E-state index is 0.910. The molecule has 9 heavy (non-hydrogen) atoms. The van der Waals surface area contributed by atoms with Crippen LogP contribution >= 0.6 is 27.3 Å². The molecule has 1 heterocycles. The topological polar surface area (TPSA) is 9.23 Å². The van der Waals surface area contributed by atoms with E-state index in [4.69, 9.17) is 4.74 Å². The van der Waals surface area contributed by atoms with Crippen LogP contribution in [0.25, 0.3) is 0 Å². The number of thiophene rings is 1. The molecule has 0 aliphatic carbocycles. The zero-order chi connectivity index (χ0) is 6.69. The van der Waals surface area contributed by atoms with Crippen LogP contribution in [-0.4, -0.2) is 7.11 Å². The van der Waals surface area contributed by atoms with Gasteiger partial charge in [0, 0.05) is 5.33 Å². The summed E-state index contributed by atoms with van der Waals surface area (Å²) in [4.78, 5) is 0. The van der Waals surface area contributed by atoms with Crippen LogP contribution in [0.3, 0.4) is 0 Å². The van der Waals surface area contributed by atoms with E-state index in [9.17, 15) is 0 Å². The highest BCUT2D eigenvalue weighted by Gasteiger charge is 1.95. The highest BCUT2D eigenvalue weighted by Crippen LogP contribution is 2.23. The molecule has 0 unspecified atom stereocenters. The molecule has 0 saturated heterocycles. The molecule has 1 nitrogen and oxygen atoms in total. The van der Waals surface area contributed by atoms with Gasteiger partial charge in [0.05, 0.1) is 7.11 Å². The molecule has 0 N–H and O–H groups in total. The van der Waals surface area contributed by atoms with Gasteiger partial charge in [-0.15, -0.1) is 11.3 Å². The van der Waals surface area contributed by atoms with Gasteiger partial charge in [-0.3, -0.25) is 0 Å². The van der Waals surface area contributed by atoms with Crippen molar-refractivity contribution in [1.82, 2.24) is 0 Å². The Bertz CT molecular complexity index is 166. The Morgan fingerprint density at radius 3 is 2.89 bits per heavy atom. The normalized spacial score (nSPS) is 9.56. The molecule has 0 spiro atoms. The molecular formula is C6H7BrOS. The second kappa shape index (κ2) is 3.22. The van der Waals surface area contributed by atoms with E-state index in [0.29, 0.717) is 0 Å². The minimum atomic E-state index is 0.910. The Labute approximate surface area is 66.8 Å². The SMILES string of the molecule is COc1cc(CBr)cs1. The van der Waals surface area contributed by atoms with Crippen molar-refractivity contribution in [2.75, 3.05) is 7.11 Å². The summed E-state index contributed by atoms with van der Waals surface area (Å²) in [6, 6.07) is 2.03. The van der Waals surface area contributed by atoms with Gasteiger partial charge >= 0.3 is 0 Å².